The SMILES string of the molecule is N[C@H](Cc1ccc(F)cc1)C(=O)N1CCC[C@H]1C(=O)O. The molecule has 1 amide bonds. The molecule has 2 atom stereocenters. The molecule has 1 saturated heterocycles. The van der Waals surface area contributed by atoms with Gasteiger partial charge in [-0.25, -0.2) is 9.18 Å². The summed E-state index contributed by atoms with van der Waals surface area (Å²) in [5.74, 6) is -1.71. The van der Waals surface area contributed by atoms with Gasteiger partial charge in [-0.05, 0) is 37.0 Å². The summed E-state index contributed by atoms with van der Waals surface area (Å²) in [4.78, 5) is 24.6. The van der Waals surface area contributed by atoms with Crippen molar-refractivity contribution in [2.75, 3.05) is 6.54 Å². The second kappa shape index (κ2) is 6.00. The van der Waals surface area contributed by atoms with Gasteiger partial charge in [0.05, 0.1) is 6.04 Å². The molecule has 1 fully saturated rings. The number of carbonyl (C=O) groups is 2. The summed E-state index contributed by atoms with van der Waals surface area (Å²) in [7, 11) is 0. The number of nitrogens with two attached hydrogens (primary N) is 1. The highest BCUT2D eigenvalue weighted by atomic mass is 19.1. The molecule has 1 aliphatic rings. The second-order valence-corrected chi connectivity index (χ2v) is 4.96. The third-order valence-corrected chi connectivity index (χ3v) is 3.51. The summed E-state index contributed by atoms with van der Waals surface area (Å²) in [5.41, 5.74) is 6.60. The van der Waals surface area contributed by atoms with E-state index in [1.54, 1.807) is 12.1 Å². The lowest BCUT2D eigenvalue weighted by Gasteiger charge is -2.24. The zero-order chi connectivity index (χ0) is 14.7. The van der Waals surface area contributed by atoms with E-state index in [0.717, 1.165) is 5.56 Å². The van der Waals surface area contributed by atoms with Gasteiger partial charge in [-0.15, -0.1) is 0 Å². The van der Waals surface area contributed by atoms with Gasteiger partial charge >= 0.3 is 5.97 Å². The van der Waals surface area contributed by atoms with Gasteiger partial charge in [0.1, 0.15) is 11.9 Å². The molecule has 108 valence electrons. The van der Waals surface area contributed by atoms with Crippen LogP contribution >= 0.6 is 0 Å². The van der Waals surface area contributed by atoms with Crippen LogP contribution in [0.3, 0.4) is 0 Å². The first-order valence-corrected chi connectivity index (χ1v) is 6.52. The van der Waals surface area contributed by atoms with Crippen molar-refractivity contribution in [3.05, 3.63) is 35.6 Å². The average molecular weight is 280 g/mol. The predicted octanol–water partition coefficient (Wildman–Crippen LogP) is 0.771. The van der Waals surface area contributed by atoms with Crippen LogP contribution in [-0.4, -0.2) is 40.5 Å². The Hall–Kier alpha value is -1.95. The highest BCUT2D eigenvalue weighted by Crippen LogP contribution is 2.19. The first kappa shape index (κ1) is 14.5. The van der Waals surface area contributed by atoms with Crippen molar-refractivity contribution in [2.45, 2.75) is 31.3 Å². The summed E-state index contributed by atoms with van der Waals surface area (Å²) in [6, 6.07) is 4.18. The van der Waals surface area contributed by atoms with Crippen molar-refractivity contribution < 1.29 is 19.1 Å². The Morgan fingerprint density at radius 3 is 2.65 bits per heavy atom. The van der Waals surface area contributed by atoms with Crippen LogP contribution < -0.4 is 5.73 Å². The highest BCUT2D eigenvalue weighted by Gasteiger charge is 2.35. The lowest BCUT2D eigenvalue weighted by atomic mass is 10.1. The maximum absolute atomic E-state index is 12.8. The molecule has 5 nitrogen and oxygen atoms in total. The molecule has 1 aliphatic heterocycles. The lowest BCUT2D eigenvalue weighted by molar-refractivity contribution is -0.148. The van der Waals surface area contributed by atoms with Crippen molar-refractivity contribution in [3.63, 3.8) is 0 Å². The van der Waals surface area contributed by atoms with Gasteiger partial charge in [0.2, 0.25) is 5.91 Å². The van der Waals surface area contributed by atoms with Crippen LogP contribution in [-0.2, 0) is 16.0 Å². The van der Waals surface area contributed by atoms with E-state index < -0.39 is 18.1 Å². The summed E-state index contributed by atoms with van der Waals surface area (Å²) in [6.07, 6.45) is 1.40. The Bertz CT molecular complexity index is 504. The monoisotopic (exact) mass is 280 g/mol. The fourth-order valence-electron chi connectivity index (χ4n) is 2.46. The fraction of sp³-hybridized carbons (Fsp3) is 0.429. The molecule has 0 bridgehead atoms. The summed E-state index contributed by atoms with van der Waals surface area (Å²) in [6.45, 7) is 0.424. The average Bonchev–Trinajstić information content (AvgIpc) is 2.90. The Labute approximate surface area is 116 Å². The van der Waals surface area contributed by atoms with Gasteiger partial charge in [-0.2, -0.15) is 0 Å². The maximum atomic E-state index is 12.8. The van der Waals surface area contributed by atoms with Gasteiger partial charge in [-0.3, -0.25) is 4.79 Å². The maximum Gasteiger partial charge on any atom is 0.326 e. The topological polar surface area (TPSA) is 83.6 Å². The number of rotatable bonds is 4. The van der Waals surface area contributed by atoms with E-state index in [4.69, 9.17) is 10.8 Å². The van der Waals surface area contributed by atoms with Gasteiger partial charge in [0.15, 0.2) is 0 Å². The Kier molecular flexibility index (Phi) is 4.34. The van der Waals surface area contributed by atoms with Crippen molar-refractivity contribution >= 4 is 11.9 Å². The van der Waals surface area contributed by atoms with E-state index in [-0.39, 0.29) is 18.1 Å². The largest absolute Gasteiger partial charge is 0.480 e. The number of carboxylic acid groups (broad SMARTS) is 1. The second-order valence-electron chi connectivity index (χ2n) is 4.96. The Balaban J connectivity index is 2.01. The third kappa shape index (κ3) is 3.14. The van der Waals surface area contributed by atoms with Crippen molar-refractivity contribution in [2.24, 2.45) is 5.73 Å². The standard InChI is InChI=1S/C14H17FN2O3/c15-10-5-3-9(4-6-10)8-11(16)13(18)17-7-1-2-12(17)14(19)20/h3-6,11-12H,1-2,7-8,16H2,(H,19,20)/t11-,12+/m1/s1. The molecule has 1 aromatic rings. The van der Waals surface area contributed by atoms with Crippen molar-refractivity contribution in [1.82, 2.24) is 4.90 Å². The number of carboxylic acids is 1. The number of amides is 1. The Morgan fingerprint density at radius 2 is 2.05 bits per heavy atom. The normalized spacial score (nSPS) is 19.9. The zero-order valence-corrected chi connectivity index (χ0v) is 11.0. The van der Waals surface area contributed by atoms with E-state index in [2.05, 4.69) is 0 Å². The zero-order valence-electron chi connectivity index (χ0n) is 11.0. The van der Waals surface area contributed by atoms with Gasteiger partial charge < -0.3 is 15.7 Å². The fourth-order valence-corrected chi connectivity index (χ4v) is 2.46. The molecule has 0 spiro atoms. The van der Waals surface area contributed by atoms with Crippen LogP contribution in [0.25, 0.3) is 0 Å². The molecule has 0 aliphatic carbocycles. The number of halogens is 1. The van der Waals surface area contributed by atoms with E-state index >= 15 is 0 Å². The quantitative estimate of drug-likeness (QED) is 0.853. The van der Waals surface area contributed by atoms with Crippen LogP contribution in [0.2, 0.25) is 0 Å². The Morgan fingerprint density at radius 1 is 1.40 bits per heavy atom. The molecule has 2 rings (SSSR count). The first-order chi connectivity index (χ1) is 9.49. The molecule has 0 unspecified atom stereocenters. The summed E-state index contributed by atoms with van der Waals surface area (Å²) >= 11 is 0. The molecule has 0 aromatic heterocycles. The smallest absolute Gasteiger partial charge is 0.326 e. The third-order valence-electron chi connectivity index (χ3n) is 3.51. The molecule has 1 heterocycles. The van der Waals surface area contributed by atoms with Crippen LogP contribution in [0.1, 0.15) is 18.4 Å². The van der Waals surface area contributed by atoms with E-state index in [1.807, 2.05) is 0 Å². The highest BCUT2D eigenvalue weighted by molar-refractivity contribution is 5.87. The van der Waals surface area contributed by atoms with Gasteiger partial charge in [0.25, 0.3) is 0 Å². The molecule has 6 heteroatoms. The number of likely N-dealkylation sites (tertiary alicyclic amines) is 1. The first-order valence-electron chi connectivity index (χ1n) is 6.52. The van der Waals surface area contributed by atoms with Crippen LogP contribution in [0.4, 0.5) is 4.39 Å². The summed E-state index contributed by atoms with van der Waals surface area (Å²) < 4.78 is 12.8. The molecule has 0 saturated carbocycles. The van der Waals surface area contributed by atoms with Crippen molar-refractivity contribution in [1.29, 1.82) is 0 Å². The minimum Gasteiger partial charge on any atom is -0.480 e. The number of carbonyl (C=O) groups excluding carboxylic acids is 1. The minimum absolute atomic E-state index is 0.266. The van der Waals surface area contributed by atoms with Crippen molar-refractivity contribution in [3.8, 4) is 0 Å². The van der Waals surface area contributed by atoms with Gasteiger partial charge in [0, 0.05) is 6.54 Å². The van der Waals surface area contributed by atoms with E-state index in [9.17, 15) is 14.0 Å². The minimum atomic E-state index is -0.996. The van der Waals surface area contributed by atoms with Crippen LogP contribution in [0.15, 0.2) is 24.3 Å². The predicted molar refractivity (Wildman–Crippen MR) is 70.5 cm³/mol. The summed E-state index contributed by atoms with van der Waals surface area (Å²) in [5, 5.41) is 9.06. The van der Waals surface area contributed by atoms with Crippen LogP contribution in [0.5, 0.6) is 0 Å². The molecule has 3 N–H and O–H groups in total. The number of aliphatic carboxylic acids is 1. The molecular weight excluding hydrogens is 263 g/mol. The van der Waals surface area contributed by atoms with E-state index in [1.165, 1.54) is 17.0 Å². The number of benzene rings is 1. The molecular formula is C14H17FN2O3. The van der Waals surface area contributed by atoms with E-state index in [0.29, 0.717) is 19.4 Å². The number of nitrogens with zero attached hydrogens (tertiary/aromatic N) is 1. The molecule has 20 heavy (non-hydrogen) atoms. The van der Waals surface area contributed by atoms with Gasteiger partial charge in [-0.1, -0.05) is 12.1 Å². The lowest BCUT2D eigenvalue weighted by Crippen LogP contribution is -2.49. The molecule has 0 radical (unpaired) electrons. The molecule has 1 aromatic carbocycles. The van der Waals surface area contributed by atoms with Crippen LogP contribution in [0, 0.1) is 5.82 Å². The number of hydrogen-bond acceptors (Lipinski definition) is 3. The number of hydrogen-bond donors (Lipinski definition) is 2.